The molecule has 0 spiro atoms. The van der Waals surface area contributed by atoms with E-state index < -0.39 is 15.4 Å². The van der Waals surface area contributed by atoms with Crippen molar-refractivity contribution < 1.29 is 27.1 Å². The number of rotatable bonds is 17. The number of amides is 2. The Morgan fingerprint density at radius 2 is 1.56 bits per heavy atom. The molecule has 2 heterocycles. The van der Waals surface area contributed by atoms with Gasteiger partial charge in [0.2, 0.25) is 17.3 Å². The Hall–Kier alpha value is -2.87. The lowest BCUT2D eigenvalue weighted by atomic mass is 10.1. The molecule has 0 radical (unpaired) electrons. The van der Waals surface area contributed by atoms with Crippen LogP contribution in [-0.2, 0) is 26.3 Å². The molecule has 0 aliphatic carbocycles. The first kappa shape index (κ1) is 41.5. The second-order valence-electron chi connectivity index (χ2n) is 12.2. The molecule has 0 fully saturated rings. The van der Waals surface area contributed by atoms with Crippen LogP contribution in [0.25, 0.3) is 16.3 Å². The molecule has 14 heteroatoms. The largest absolute Gasteiger partial charge is 0.354 e. The summed E-state index contributed by atoms with van der Waals surface area (Å²) in [6.45, 7) is 15.3. The summed E-state index contributed by atoms with van der Waals surface area (Å²) in [7, 11) is -4.09. The van der Waals surface area contributed by atoms with Crippen molar-refractivity contribution in [2.75, 3.05) is 24.5 Å². The van der Waals surface area contributed by atoms with Crippen molar-refractivity contribution in [1.29, 1.82) is 0 Å². The van der Waals surface area contributed by atoms with Gasteiger partial charge in [-0.2, -0.15) is 13.0 Å². The van der Waals surface area contributed by atoms with E-state index in [1.165, 1.54) is 6.92 Å². The van der Waals surface area contributed by atoms with E-state index in [1.807, 2.05) is 30.3 Å². The highest BCUT2D eigenvalue weighted by Crippen LogP contribution is 2.48. The lowest BCUT2D eigenvalue weighted by molar-refractivity contribution is -0.669. The minimum atomic E-state index is -4.09. The number of nitrogens with zero attached hydrogens (tertiary/aromatic N) is 2. The lowest BCUT2D eigenvalue weighted by Gasteiger charge is -2.21. The minimum Gasteiger partial charge on any atom is -0.354 e. The van der Waals surface area contributed by atoms with Gasteiger partial charge < -0.3 is 15.5 Å². The van der Waals surface area contributed by atoms with Crippen LogP contribution in [0.1, 0.15) is 64.3 Å². The van der Waals surface area contributed by atoms with Crippen LogP contribution in [-0.4, -0.2) is 49.7 Å². The number of thioether (sulfide) groups is 1. The third kappa shape index (κ3) is 13.0. The number of halogens is 2. The molecule has 3 N–H and O–H groups in total. The summed E-state index contributed by atoms with van der Waals surface area (Å²) >= 11 is 16.0. The number of aromatic nitrogens is 1. The number of carbonyl (C=O) groups excluding carboxylic acids is 2. The monoisotopic (exact) mass is 781 g/mol. The predicted molar refractivity (Wildman–Crippen MR) is 210 cm³/mol. The molecule has 1 aliphatic heterocycles. The molecule has 0 bridgehead atoms. The van der Waals surface area contributed by atoms with Gasteiger partial charge in [-0.3, -0.25) is 14.1 Å². The molecule has 2 aromatic carbocycles. The van der Waals surface area contributed by atoms with Crippen LogP contribution in [0.2, 0.25) is 10.0 Å². The fourth-order valence-electron chi connectivity index (χ4n) is 4.82. The SMILES string of the molecule is C=CCCC(=O)NCCNC(=O)CCC=C.CC(C)CCN1C(=Cc2sc3ccc(Cl)cc3[n+]2CCC(C)S(=O)(=O)O)Sc2ccc(Cl)cc21. The summed E-state index contributed by atoms with van der Waals surface area (Å²) in [4.78, 5) is 25.7. The van der Waals surface area contributed by atoms with Crippen molar-refractivity contribution in [1.82, 2.24) is 10.6 Å². The van der Waals surface area contributed by atoms with Crippen LogP contribution in [0.5, 0.6) is 0 Å². The normalized spacial score (nSPS) is 13.9. The van der Waals surface area contributed by atoms with Gasteiger partial charge in [-0.25, -0.2) is 0 Å². The van der Waals surface area contributed by atoms with Gasteiger partial charge in [-0.1, -0.05) is 72.3 Å². The molecule has 50 heavy (non-hydrogen) atoms. The molecular weight excluding hydrogens is 736 g/mol. The number of hydrogen-bond donors (Lipinski definition) is 3. The molecule has 9 nitrogen and oxygen atoms in total. The number of hydrogen-bond acceptors (Lipinski definition) is 7. The van der Waals surface area contributed by atoms with E-state index in [9.17, 15) is 22.6 Å². The second-order valence-corrected chi connectivity index (χ2v) is 17.0. The van der Waals surface area contributed by atoms with Crippen molar-refractivity contribution in [3.8, 4) is 0 Å². The summed E-state index contributed by atoms with van der Waals surface area (Å²) in [6.07, 6.45) is 9.16. The fraction of sp³-hybridized carbons (Fsp3) is 0.417. The first-order valence-corrected chi connectivity index (χ1v) is 20.4. The molecule has 4 rings (SSSR count). The van der Waals surface area contributed by atoms with E-state index in [4.69, 9.17) is 23.2 Å². The highest BCUT2D eigenvalue weighted by atomic mass is 35.5. The molecule has 1 aromatic heterocycles. The van der Waals surface area contributed by atoms with Gasteiger partial charge in [-0.05, 0) is 62.4 Å². The standard InChI is InChI=1S/C24H26Cl2N2O3S3.C12H20N2O2/c1-15(2)8-10-27-19-12-17(25)4-6-21(19)32-23(27)14-24-28(11-9-16(3)34(29,30)31)20-13-18(26)5-7-22(20)33-24;1-3-5-7-11(15)13-9-10-14-12(16)8-6-4-2/h4-7,12-16H,8-11H2,1-3H3;3-4H,1-2,5-10H2,(H,13,15)(H,14,16)/p+1. The highest BCUT2D eigenvalue weighted by Gasteiger charge is 2.29. The summed E-state index contributed by atoms with van der Waals surface area (Å²) in [5.41, 5.74) is 2.06. The quantitative estimate of drug-likeness (QED) is 0.0546. The van der Waals surface area contributed by atoms with Gasteiger partial charge in [0, 0.05) is 59.9 Å². The Kier molecular flexibility index (Phi) is 16.8. The van der Waals surface area contributed by atoms with Crippen LogP contribution >= 0.6 is 46.3 Å². The fourth-order valence-corrected chi connectivity index (χ4v) is 7.85. The van der Waals surface area contributed by atoms with Crippen LogP contribution in [0.4, 0.5) is 5.69 Å². The first-order valence-electron chi connectivity index (χ1n) is 16.5. The molecular formula is C36H47Cl2N4O5S3+. The lowest BCUT2D eigenvalue weighted by Crippen LogP contribution is -2.37. The van der Waals surface area contributed by atoms with Crippen molar-refractivity contribution >= 4 is 90.2 Å². The van der Waals surface area contributed by atoms with E-state index in [0.29, 0.717) is 61.3 Å². The van der Waals surface area contributed by atoms with Crippen molar-refractivity contribution in [3.63, 3.8) is 0 Å². The van der Waals surface area contributed by atoms with E-state index in [2.05, 4.69) is 59.2 Å². The van der Waals surface area contributed by atoms with Crippen LogP contribution in [0.15, 0.2) is 71.6 Å². The van der Waals surface area contributed by atoms with E-state index >= 15 is 0 Å². The number of anilines is 1. The molecule has 1 unspecified atom stereocenters. The highest BCUT2D eigenvalue weighted by molar-refractivity contribution is 8.03. The summed E-state index contributed by atoms with van der Waals surface area (Å²) < 4.78 is 35.8. The van der Waals surface area contributed by atoms with Crippen molar-refractivity contribution in [2.24, 2.45) is 5.92 Å². The average molecular weight is 783 g/mol. The third-order valence-electron chi connectivity index (χ3n) is 7.75. The zero-order valence-electron chi connectivity index (χ0n) is 28.8. The average Bonchev–Trinajstić information content (AvgIpc) is 3.58. The van der Waals surface area contributed by atoms with Crippen molar-refractivity contribution in [2.45, 2.75) is 76.0 Å². The third-order valence-corrected chi connectivity index (χ3v) is 11.7. The number of fused-ring (bicyclic) bond motifs is 2. The van der Waals surface area contributed by atoms with Crippen molar-refractivity contribution in [3.05, 3.63) is 81.8 Å². The molecule has 0 saturated carbocycles. The van der Waals surface area contributed by atoms with Gasteiger partial charge in [0.05, 0.1) is 22.0 Å². The van der Waals surface area contributed by atoms with Gasteiger partial charge in [0.1, 0.15) is 4.70 Å². The maximum Gasteiger partial charge on any atom is 0.267 e. The van der Waals surface area contributed by atoms with E-state index in [0.717, 1.165) is 43.8 Å². The minimum absolute atomic E-state index is 0.0137. The summed E-state index contributed by atoms with van der Waals surface area (Å²) in [5, 5.41) is 7.99. The predicted octanol–water partition coefficient (Wildman–Crippen LogP) is 8.27. The second kappa shape index (κ2) is 20.2. The first-order chi connectivity index (χ1) is 23.7. The zero-order chi connectivity index (χ0) is 36.8. The van der Waals surface area contributed by atoms with Crippen LogP contribution in [0, 0.1) is 5.92 Å². The number of thiazole rings is 1. The van der Waals surface area contributed by atoms with E-state index in [-0.39, 0.29) is 18.2 Å². The molecule has 1 atom stereocenters. The van der Waals surface area contributed by atoms with Gasteiger partial charge in [0.25, 0.3) is 15.1 Å². The Morgan fingerprint density at radius 1 is 0.960 bits per heavy atom. The maximum absolute atomic E-state index is 11.6. The van der Waals surface area contributed by atoms with Gasteiger partial charge in [-0.15, -0.1) is 13.2 Å². The summed E-state index contributed by atoms with van der Waals surface area (Å²) in [6, 6.07) is 11.7. The molecule has 1 aliphatic rings. The maximum atomic E-state index is 11.6. The topological polar surface area (TPSA) is 120 Å². The number of allylic oxidation sites excluding steroid dienone is 2. The zero-order valence-corrected chi connectivity index (χ0v) is 32.8. The Balaban J connectivity index is 0.000000358. The number of nitrogens with one attached hydrogen (secondary N) is 2. The van der Waals surface area contributed by atoms with Gasteiger partial charge in [0.15, 0.2) is 6.54 Å². The molecule has 0 saturated heterocycles. The summed E-state index contributed by atoms with van der Waals surface area (Å²) in [5.74, 6) is 0.535. The smallest absolute Gasteiger partial charge is 0.267 e. The molecule has 3 aromatic rings. The Morgan fingerprint density at radius 3 is 2.14 bits per heavy atom. The number of benzene rings is 2. The Bertz CT molecular complexity index is 1770. The molecule has 272 valence electrons. The van der Waals surface area contributed by atoms with Gasteiger partial charge >= 0.3 is 0 Å². The number of aryl methyl sites for hydroxylation is 1. The van der Waals surface area contributed by atoms with E-state index in [1.54, 1.807) is 35.3 Å². The Labute approximate surface area is 314 Å². The van der Waals surface area contributed by atoms with Crippen LogP contribution < -0.4 is 20.1 Å². The molecule has 2 amide bonds. The van der Waals surface area contributed by atoms with Crippen LogP contribution in [0.3, 0.4) is 0 Å². The number of carbonyl (C=O) groups is 2.